The van der Waals surface area contributed by atoms with Crippen LogP contribution >= 0.6 is 0 Å². The number of ether oxygens (including phenoxy) is 1. The molecule has 1 amide bonds. The standard InChI is InChI=1S/C23H41N3O3.C9H18/c1-18-11-12-20(21(27)16-26(18)15-19-9-5-3-6-10-19)25-22(28)23(24-17-29-2)13-7-4-8-14-23;1-2-6-9-7-4-3-5-8-9/h18-20,24H,3-17H2,1-2H3,(H,25,28);9H,2-8H2,1H3/t18-,20+;/m1./s1. The summed E-state index contributed by atoms with van der Waals surface area (Å²) in [6.07, 6.45) is 23.6. The molecule has 38 heavy (non-hydrogen) atoms. The van der Waals surface area contributed by atoms with Gasteiger partial charge in [0.05, 0.1) is 24.9 Å². The van der Waals surface area contributed by atoms with Crippen molar-refractivity contribution in [3.05, 3.63) is 0 Å². The van der Waals surface area contributed by atoms with Crippen LogP contribution in [0.15, 0.2) is 0 Å². The minimum absolute atomic E-state index is 0.0130. The SMILES string of the molecule is CCCC1CCCCC1.COCNC1(C(=O)N[C@H]2CC[C@@H](C)N(CC3CCCCC3)CC2=O)CCCCC1. The first-order valence-corrected chi connectivity index (χ1v) is 16.3. The van der Waals surface area contributed by atoms with E-state index in [1.165, 1.54) is 83.5 Å². The average molecular weight is 534 g/mol. The number of nitrogens with one attached hydrogen (secondary N) is 2. The molecule has 0 radical (unpaired) electrons. The molecule has 6 heteroatoms. The van der Waals surface area contributed by atoms with Gasteiger partial charge in [-0.3, -0.25) is 19.8 Å². The lowest BCUT2D eigenvalue weighted by Crippen LogP contribution is -2.61. The molecule has 2 N–H and O–H groups in total. The second-order valence-corrected chi connectivity index (χ2v) is 12.9. The summed E-state index contributed by atoms with van der Waals surface area (Å²) in [5.41, 5.74) is -0.589. The van der Waals surface area contributed by atoms with Crippen molar-refractivity contribution in [3.8, 4) is 0 Å². The molecular formula is C32H59N3O3. The van der Waals surface area contributed by atoms with Gasteiger partial charge in [0.2, 0.25) is 5.91 Å². The molecule has 0 spiro atoms. The van der Waals surface area contributed by atoms with Gasteiger partial charge in [-0.1, -0.05) is 90.4 Å². The fourth-order valence-corrected chi connectivity index (χ4v) is 7.35. The summed E-state index contributed by atoms with van der Waals surface area (Å²) in [5, 5.41) is 6.46. The molecule has 220 valence electrons. The Bertz CT molecular complexity index is 679. The number of amides is 1. The van der Waals surface area contributed by atoms with E-state index in [1.807, 2.05) is 0 Å². The van der Waals surface area contributed by atoms with E-state index < -0.39 is 5.54 Å². The lowest BCUT2D eigenvalue weighted by Gasteiger charge is -2.37. The van der Waals surface area contributed by atoms with E-state index in [0.29, 0.717) is 19.3 Å². The van der Waals surface area contributed by atoms with Crippen LogP contribution in [0.1, 0.15) is 136 Å². The van der Waals surface area contributed by atoms with Crippen molar-refractivity contribution in [1.29, 1.82) is 0 Å². The van der Waals surface area contributed by atoms with Crippen LogP contribution in [0, 0.1) is 11.8 Å². The Morgan fingerprint density at radius 1 is 0.895 bits per heavy atom. The first-order valence-electron chi connectivity index (χ1n) is 16.3. The van der Waals surface area contributed by atoms with E-state index >= 15 is 0 Å². The molecule has 0 bridgehead atoms. The topological polar surface area (TPSA) is 70.7 Å². The number of hydrogen-bond acceptors (Lipinski definition) is 5. The van der Waals surface area contributed by atoms with Gasteiger partial charge in [0.15, 0.2) is 5.78 Å². The molecule has 4 rings (SSSR count). The summed E-state index contributed by atoms with van der Waals surface area (Å²) in [6, 6.07) is 0.0440. The highest BCUT2D eigenvalue weighted by Gasteiger charge is 2.41. The number of carbonyl (C=O) groups excluding carboxylic acids is 2. The van der Waals surface area contributed by atoms with Crippen LogP contribution in [-0.4, -0.2) is 61.1 Å². The van der Waals surface area contributed by atoms with Crippen LogP contribution in [0.2, 0.25) is 0 Å². The van der Waals surface area contributed by atoms with Gasteiger partial charge in [0, 0.05) is 19.7 Å². The van der Waals surface area contributed by atoms with Gasteiger partial charge in [-0.05, 0) is 57.3 Å². The summed E-state index contributed by atoms with van der Waals surface area (Å²) in [4.78, 5) is 28.7. The van der Waals surface area contributed by atoms with Gasteiger partial charge in [-0.15, -0.1) is 0 Å². The summed E-state index contributed by atoms with van der Waals surface area (Å²) >= 11 is 0. The van der Waals surface area contributed by atoms with E-state index in [2.05, 4.69) is 29.4 Å². The van der Waals surface area contributed by atoms with Gasteiger partial charge in [-0.2, -0.15) is 0 Å². The number of Topliss-reactive ketones (excluding diaryl/α,β-unsaturated/α-hetero) is 1. The van der Waals surface area contributed by atoms with Crippen molar-refractivity contribution in [2.45, 2.75) is 153 Å². The van der Waals surface area contributed by atoms with Crippen LogP contribution in [0.4, 0.5) is 0 Å². The predicted molar refractivity (Wildman–Crippen MR) is 156 cm³/mol. The third-order valence-corrected chi connectivity index (χ3v) is 9.89. The Labute approximate surface area is 233 Å². The monoisotopic (exact) mass is 533 g/mol. The number of rotatable bonds is 9. The summed E-state index contributed by atoms with van der Waals surface area (Å²) in [5.74, 6) is 2.00. The van der Waals surface area contributed by atoms with Crippen LogP contribution in [-0.2, 0) is 14.3 Å². The number of likely N-dealkylation sites (tertiary alicyclic amines) is 1. The van der Waals surface area contributed by atoms with Gasteiger partial charge < -0.3 is 10.1 Å². The lowest BCUT2D eigenvalue weighted by molar-refractivity contribution is -0.134. The Hall–Kier alpha value is -0.980. The van der Waals surface area contributed by atoms with E-state index in [4.69, 9.17) is 4.74 Å². The maximum absolute atomic E-state index is 13.2. The van der Waals surface area contributed by atoms with E-state index in [1.54, 1.807) is 7.11 Å². The molecule has 3 saturated carbocycles. The maximum atomic E-state index is 13.2. The van der Waals surface area contributed by atoms with Crippen molar-refractivity contribution in [2.75, 3.05) is 26.9 Å². The van der Waals surface area contributed by atoms with Crippen molar-refractivity contribution in [2.24, 2.45) is 11.8 Å². The number of carbonyl (C=O) groups is 2. The normalized spacial score (nSPS) is 27.7. The molecule has 4 fully saturated rings. The zero-order valence-corrected chi connectivity index (χ0v) is 25.0. The van der Waals surface area contributed by atoms with Gasteiger partial charge in [0.25, 0.3) is 0 Å². The highest BCUT2D eigenvalue weighted by Crippen LogP contribution is 2.30. The molecule has 0 unspecified atom stereocenters. The van der Waals surface area contributed by atoms with E-state index in [9.17, 15) is 9.59 Å². The van der Waals surface area contributed by atoms with Crippen molar-refractivity contribution in [1.82, 2.24) is 15.5 Å². The number of hydrogen-bond donors (Lipinski definition) is 2. The van der Waals surface area contributed by atoms with Gasteiger partial charge in [-0.25, -0.2) is 0 Å². The minimum Gasteiger partial charge on any atom is -0.370 e. The minimum atomic E-state index is -0.589. The second kappa shape index (κ2) is 17.0. The third kappa shape index (κ3) is 9.89. The predicted octanol–water partition coefficient (Wildman–Crippen LogP) is 6.37. The van der Waals surface area contributed by atoms with Crippen molar-refractivity contribution < 1.29 is 14.3 Å². The molecule has 6 nitrogen and oxygen atoms in total. The summed E-state index contributed by atoms with van der Waals surface area (Å²) < 4.78 is 5.19. The molecule has 0 aromatic carbocycles. The molecule has 1 saturated heterocycles. The molecular weight excluding hydrogens is 474 g/mol. The van der Waals surface area contributed by atoms with Crippen molar-refractivity contribution in [3.63, 3.8) is 0 Å². The Balaban J connectivity index is 0.000000375. The molecule has 2 atom stereocenters. The summed E-state index contributed by atoms with van der Waals surface area (Å²) in [7, 11) is 1.64. The first-order chi connectivity index (χ1) is 18.5. The number of methoxy groups -OCH3 is 1. The van der Waals surface area contributed by atoms with Crippen LogP contribution < -0.4 is 10.6 Å². The van der Waals surface area contributed by atoms with Crippen LogP contribution in [0.3, 0.4) is 0 Å². The molecule has 1 aliphatic heterocycles. The largest absolute Gasteiger partial charge is 0.370 e. The summed E-state index contributed by atoms with van der Waals surface area (Å²) in [6.45, 7) is 6.41. The Morgan fingerprint density at radius 3 is 2.11 bits per heavy atom. The Morgan fingerprint density at radius 2 is 1.50 bits per heavy atom. The fraction of sp³-hybridized carbons (Fsp3) is 0.938. The van der Waals surface area contributed by atoms with E-state index in [0.717, 1.165) is 56.9 Å². The number of nitrogens with zero attached hydrogens (tertiary/aromatic N) is 1. The quantitative estimate of drug-likeness (QED) is 0.337. The smallest absolute Gasteiger partial charge is 0.240 e. The molecule has 0 aromatic rings. The van der Waals surface area contributed by atoms with Crippen LogP contribution in [0.5, 0.6) is 0 Å². The average Bonchev–Trinajstić information content (AvgIpc) is 3.07. The lowest BCUT2D eigenvalue weighted by atomic mass is 9.80. The molecule has 3 aliphatic carbocycles. The third-order valence-electron chi connectivity index (χ3n) is 9.89. The highest BCUT2D eigenvalue weighted by molar-refractivity contribution is 5.94. The maximum Gasteiger partial charge on any atom is 0.240 e. The van der Waals surface area contributed by atoms with E-state index in [-0.39, 0.29) is 17.7 Å². The molecule has 4 aliphatic rings. The second-order valence-electron chi connectivity index (χ2n) is 12.9. The van der Waals surface area contributed by atoms with Gasteiger partial charge >= 0.3 is 0 Å². The Kier molecular flexibility index (Phi) is 14.1. The zero-order chi connectivity index (χ0) is 27.2. The molecule has 0 aromatic heterocycles. The highest BCUT2D eigenvalue weighted by atomic mass is 16.5. The zero-order valence-electron chi connectivity index (χ0n) is 25.0. The van der Waals surface area contributed by atoms with Crippen LogP contribution in [0.25, 0.3) is 0 Å². The van der Waals surface area contributed by atoms with Crippen molar-refractivity contribution >= 4 is 11.7 Å². The van der Waals surface area contributed by atoms with Gasteiger partial charge in [0.1, 0.15) is 0 Å². The first kappa shape index (κ1) is 31.5. The molecule has 1 heterocycles. The number of ketones is 1. The fourth-order valence-electron chi connectivity index (χ4n) is 7.35.